The Bertz CT molecular complexity index is 379. The number of aromatic nitrogens is 1. The SMILES string of the molecule is O=C(O)c1c([N+](=O)[O-])ccnc1Br. The lowest BCUT2D eigenvalue weighted by Crippen LogP contribution is -2.04. The van der Waals surface area contributed by atoms with Crippen LogP contribution in [0.15, 0.2) is 16.9 Å². The van der Waals surface area contributed by atoms with Gasteiger partial charge in [0.05, 0.1) is 4.92 Å². The Morgan fingerprint density at radius 3 is 2.69 bits per heavy atom. The van der Waals surface area contributed by atoms with Gasteiger partial charge in [-0.25, -0.2) is 9.78 Å². The molecule has 0 fully saturated rings. The topological polar surface area (TPSA) is 93.3 Å². The summed E-state index contributed by atoms with van der Waals surface area (Å²) in [4.78, 5) is 23.8. The zero-order valence-electron chi connectivity index (χ0n) is 6.10. The van der Waals surface area contributed by atoms with E-state index < -0.39 is 22.1 Å². The van der Waals surface area contributed by atoms with Crippen molar-refractivity contribution < 1.29 is 14.8 Å². The van der Waals surface area contributed by atoms with Crippen molar-refractivity contribution in [2.75, 3.05) is 0 Å². The van der Waals surface area contributed by atoms with Crippen LogP contribution in [-0.2, 0) is 0 Å². The fraction of sp³-hybridized carbons (Fsp3) is 0. The van der Waals surface area contributed by atoms with Gasteiger partial charge < -0.3 is 5.11 Å². The number of hydrogen-bond acceptors (Lipinski definition) is 4. The molecule has 1 aromatic rings. The number of aromatic carboxylic acids is 1. The van der Waals surface area contributed by atoms with Gasteiger partial charge in [-0.1, -0.05) is 0 Å². The smallest absolute Gasteiger partial charge is 0.345 e. The molecule has 0 unspecified atom stereocenters. The van der Waals surface area contributed by atoms with Crippen molar-refractivity contribution in [2.24, 2.45) is 0 Å². The molecule has 0 aromatic carbocycles. The summed E-state index contributed by atoms with van der Waals surface area (Å²) in [6, 6.07) is 1.04. The summed E-state index contributed by atoms with van der Waals surface area (Å²) in [7, 11) is 0. The zero-order valence-corrected chi connectivity index (χ0v) is 7.69. The van der Waals surface area contributed by atoms with E-state index in [2.05, 4.69) is 20.9 Å². The minimum Gasteiger partial charge on any atom is -0.477 e. The maximum atomic E-state index is 10.6. The third-order valence-electron chi connectivity index (χ3n) is 1.29. The highest BCUT2D eigenvalue weighted by atomic mass is 79.9. The molecule has 1 aromatic heterocycles. The van der Waals surface area contributed by atoms with Crippen molar-refractivity contribution in [3.63, 3.8) is 0 Å². The average molecular weight is 247 g/mol. The molecule has 0 atom stereocenters. The second-order valence-electron chi connectivity index (χ2n) is 2.06. The Labute approximate surface area is 80.5 Å². The van der Waals surface area contributed by atoms with Gasteiger partial charge in [0.25, 0.3) is 5.69 Å². The van der Waals surface area contributed by atoms with Crippen molar-refractivity contribution in [1.29, 1.82) is 0 Å². The Kier molecular flexibility index (Phi) is 2.57. The molecule has 0 aliphatic carbocycles. The van der Waals surface area contributed by atoms with E-state index in [1.165, 1.54) is 0 Å². The van der Waals surface area contributed by atoms with E-state index in [0.29, 0.717) is 0 Å². The minimum absolute atomic E-state index is 0.0470. The third kappa shape index (κ3) is 1.81. The minimum atomic E-state index is -1.38. The van der Waals surface area contributed by atoms with E-state index in [0.717, 1.165) is 12.3 Å². The van der Waals surface area contributed by atoms with Gasteiger partial charge in [-0.2, -0.15) is 0 Å². The highest BCUT2D eigenvalue weighted by molar-refractivity contribution is 9.10. The van der Waals surface area contributed by atoms with Crippen LogP contribution in [0.3, 0.4) is 0 Å². The van der Waals surface area contributed by atoms with Gasteiger partial charge in [0.15, 0.2) is 5.56 Å². The van der Waals surface area contributed by atoms with Gasteiger partial charge in [0.1, 0.15) is 4.60 Å². The molecule has 6 nitrogen and oxygen atoms in total. The van der Waals surface area contributed by atoms with E-state index in [1.54, 1.807) is 0 Å². The summed E-state index contributed by atoms with van der Waals surface area (Å²) in [5, 5.41) is 19.0. The lowest BCUT2D eigenvalue weighted by atomic mass is 10.2. The molecular weight excluding hydrogens is 244 g/mol. The van der Waals surface area contributed by atoms with Crippen LogP contribution in [0.2, 0.25) is 0 Å². The molecule has 0 spiro atoms. The number of rotatable bonds is 2. The Balaban J connectivity index is 3.43. The van der Waals surface area contributed by atoms with Gasteiger partial charge in [-0.15, -0.1) is 0 Å². The Hall–Kier alpha value is -1.50. The maximum Gasteiger partial charge on any atom is 0.345 e. The van der Waals surface area contributed by atoms with Crippen molar-refractivity contribution >= 4 is 27.6 Å². The molecule has 1 heterocycles. The van der Waals surface area contributed by atoms with Crippen LogP contribution in [0.25, 0.3) is 0 Å². The number of carboxylic acids is 1. The standard InChI is InChI=1S/C6H3BrN2O4/c7-5-4(6(10)11)3(9(12)13)1-2-8-5/h1-2H,(H,10,11). The fourth-order valence-corrected chi connectivity index (χ4v) is 1.27. The number of nitro groups is 1. The molecule has 13 heavy (non-hydrogen) atoms. The molecule has 0 saturated carbocycles. The molecule has 0 aliphatic rings. The summed E-state index contributed by atoms with van der Waals surface area (Å²) < 4.78 is -0.0470. The van der Waals surface area contributed by atoms with Crippen molar-refractivity contribution in [1.82, 2.24) is 4.98 Å². The molecule has 0 radical (unpaired) electrons. The first kappa shape index (κ1) is 9.59. The normalized spacial score (nSPS) is 9.62. The quantitative estimate of drug-likeness (QED) is 0.484. The number of hydrogen-bond donors (Lipinski definition) is 1. The number of carboxylic acid groups (broad SMARTS) is 1. The van der Waals surface area contributed by atoms with Gasteiger partial charge >= 0.3 is 5.97 Å². The first-order valence-electron chi connectivity index (χ1n) is 3.06. The van der Waals surface area contributed by atoms with Gasteiger partial charge in [-0.05, 0) is 15.9 Å². The second kappa shape index (κ2) is 3.48. The van der Waals surface area contributed by atoms with Gasteiger partial charge in [-0.3, -0.25) is 10.1 Å². The largest absolute Gasteiger partial charge is 0.477 e. The second-order valence-corrected chi connectivity index (χ2v) is 2.81. The van der Waals surface area contributed by atoms with Crippen LogP contribution in [0.1, 0.15) is 10.4 Å². The predicted octanol–water partition coefficient (Wildman–Crippen LogP) is 1.45. The Morgan fingerprint density at radius 1 is 1.69 bits per heavy atom. The summed E-state index contributed by atoms with van der Waals surface area (Å²) in [6.45, 7) is 0. The van der Waals surface area contributed by atoms with Crippen LogP contribution in [-0.4, -0.2) is 21.0 Å². The highest BCUT2D eigenvalue weighted by Crippen LogP contribution is 2.23. The number of nitrogens with zero attached hydrogens (tertiary/aromatic N) is 2. The molecule has 0 aliphatic heterocycles. The molecule has 1 rings (SSSR count). The summed E-state index contributed by atoms with van der Waals surface area (Å²) >= 11 is 2.82. The van der Waals surface area contributed by atoms with E-state index in [4.69, 9.17) is 5.11 Å². The first-order valence-corrected chi connectivity index (χ1v) is 3.85. The summed E-state index contributed by atoms with van der Waals surface area (Å²) in [6.07, 6.45) is 1.16. The van der Waals surface area contributed by atoms with Gasteiger partial charge in [0.2, 0.25) is 0 Å². The van der Waals surface area contributed by atoms with E-state index in [-0.39, 0.29) is 4.60 Å². The monoisotopic (exact) mass is 246 g/mol. The molecule has 0 saturated heterocycles. The lowest BCUT2D eigenvalue weighted by molar-refractivity contribution is -0.385. The number of carbonyl (C=O) groups is 1. The van der Waals surface area contributed by atoms with Crippen molar-refractivity contribution in [3.05, 3.63) is 32.5 Å². The van der Waals surface area contributed by atoms with Crippen LogP contribution >= 0.6 is 15.9 Å². The van der Waals surface area contributed by atoms with Crippen molar-refractivity contribution in [3.8, 4) is 0 Å². The fourth-order valence-electron chi connectivity index (χ4n) is 0.777. The van der Waals surface area contributed by atoms with E-state index >= 15 is 0 Å². The van der Waals surface area contributed by atoms with E-state index in [9.17, 15) is 14.9 Å². The molecular formula is C6H3BrN2O4. The first-order chi connectivity index (χ1) is 6.04. The van der Waals surface area contributed by atoms with Crippen LogP contribution < -0.4 is 0 Å². The molecule has 7 heteroatoms. The van der Waals surface area contributed by atoms with Crippen LogP contribution in [0.4, 0.5) is 5.69 Å². The van der Waals surface area contributed by atoms with Crippen LogP contribution in [0, 0.1) is 10.1 Å². The maximum absolute atomic E-state index is 10.6. The molecule has 1 N–H and O–H groups in total. The van der Waals surface area contributed by atoms with Crippen molar-refractivity contribution in [2.45, 2.75) is 0 Å². The average Bonchev–Trinajstić information content (AvgIpc) is 2.02. The third-order valence-corrected chi connectivity index (χ3v) is 1.89. The number of pyridine rings is 1. The molecule has 68 valence electrons. The summed E-state index contributed by atoms with van der Waals surface area (Å²) in [5.74, 6) is -1.38. The summed E-state index contributed by atoms with van der Waals surface area (Å²) in [5.41, 5.74) is -0.915. The van der Waals surface area contributed by atoms with Gasteiger partial charge in [0, 0.05) is 12.3 Å². The molecule has 0 amide bonds. The lowest BCUT2D eigenvalue weighted by Gasteiger charge is -1.98. The van der Waals surface area contributed by atoms with Crippen LogP contribution in [0.5, 0.6) is 0 Å². The zero-order chi connectivity index (χ0) is 10.0. The highest BCUT2D eigenvalue weighted by Gasteiger charge is 2.23. The predicted molar refractivity (Wildman–Crippen MR) is 45.6 cm³/mol. The molecule has 0 bridgehead atoms. The Morgan fingerprint density at radius 2 is 2.31 bits per heavy atom. The number of halogens is 1. The van der Waals surface area contributed by atoms with E-state index in [1.807, 2.05) is 0 Å².